The molecule has 2 heterocycles. The fourth-order valence-corrected chi connectivity index (χ4v) is 3.51. The molecule has 0 saturated carbocycles. The first-order valence-electron chi connectivity index (χ1n) is 9.67. The van der Waals surface area contributed by atoms with Crippen LogP contribution in [-0.2, 0) is 0 Å². The third-order valence-electron chi connectivity index (χ3n) is 5.00. The number of nitrogens with zero attached hydrogens (tertiary/aromatic N) is 4. The molecule has 1 saturated heterocycles. The molecule has 2 amide bonds. The maximum absolute atomic E-state index is 12.5. The van der Waals surface area contributed by atoms with Crippen LogP contribution in [0.4, 0.5) is 16.3 Å². The van der Waals surface area contributed by atoms with E-state index in [1.54, 1.807) is 24.1 Å². The number of aromatic nitrogens is 2. The van der Waals surface area contributed by atoms with Crippen molar-refractivity contribution in [3.63, 3.8) is 0 Å². The largest absolute Gasteiger partial charge is 0.497 e. The van der Waals surface area contributed by atoms with E-state index in [0.717, 1.165) is 22.8 Å². The number of rotatable bonds is 4. The first-order valence-corrected chi connectivity index (χ1v) is 10.0. The van der Waals surface area contributed by atoms with Gasteiger partial charge in [-0.25, -0.2) is 4.79 Å². The van der Waals surface area contributed by atoms with Gasteiger partial charge in [-0.05, 0) is 54.6 Å². The molecular weight excluding hydrogens is 402 g/mol. The molecule has 1 aliphatic rings. The molecule has 30 heavy (non-hydrogen) atoms. The summed E-state index contributed by atoms with van der Waals surface area (Å²) in [4.78, 5) is 16.4. The first-order chi connectivity index (χ1) is 14.6. The van der Waals surface area contributed by atoms with E-state index in [9.17, 15) is 4.79 Å². The molecule has 1 N–H and O–H groups in total. The van der Waals surface area contributed by atoms with Crippen LogP contribution >= 0.6 is 11.6 Å². The molecule has 0 bridgehead atoms. The lowest BCUT2D eigenvalue weighted by atomic mass is 10.1. The van der Waals surface area contributed by atoms with Crippen molar-refractivity contribution in [3.05, 3.63) is 65.7 Å². The minimum atomic E-state index is -0.127. The molecule has 154 valence electrons. The van der Waals surface area contributed by atoms with Crippen molar-refractivity contribution in [2.75, 3.05) is 43.5 Å². The molecule has 0 radical (unpaired) electrons. The molecule has 3 aromatic rings. The van der Waals surface area contributed by atoms with E-state index in [-0.39, 0.29) is 6.03 Å². The maximum Gasteiger partial charge on any atom is 0.321 e. The zero-order valence-corrected chi connectivity index (χ0v) is 17.3. The summed E-state index contributed by atoms with van der Waals surface area (Å²) in [6, 6.07) is 18.7. The van der Waals surface area contributed by atoms with Crippen LogP contribution in [0, 0.1) is 0 Å². The van der Waals surface area contributed by atoms with E-state index >= 15 is 0 Å². The van der Waals surface area contributed by atoms with Crippen LogP contribution in [0.2, 0.25) is 5.02 Å². The number of hydrogen-bond donors (Lipinski definition) is 1. The Morgan fingerprint density at radius 1 is 1.00 bits per heavy atom. The quantitative estimate of drug-likeness (QED) is 0.682. The minimum Gasteiger partial charge on any atom is -0.497 e. The van der Waals surface area contributed by atoms with Gasteiger partial charge < -0.3 is 19.9 Å². The van der Waals surface area contributed by atoms with Crippen molar-refractivity contribution in [1.29, 1.82) is 0 Å². The highest BCUT2D eigenvalue weighted by Crippen LogP contribution is 2.22. The number of carbonyl (C=O) groups excluding carboxylic acids is 1. The van der Waals surface area contributed by atoms with Crippen molar-refractivity contribution in [1.82, 2.24) is 15.1 Å². The van der Waals surface area contributed by atoms with Gasteiger partial charge in [-0.2, -0.15) is 0 Å². The highest BCUT2D eigenvalue weighted by molar-refractivity contribution is 6.30. The number of methoxy groups -OCH3 is 1. The number of hydrogen-bond acceptors (Lipinski definition) is 5. The molecule has 2 aromatic carbocycles. The molecule has 0 unspecified atom stereocenters. The van der Waals surface area contributed by atoms with Crippen molar-refractivity contribution in [2.24, 2.45) is 0 Å². The maximum atomic E-state index is 12.5. The van der Waals surface area contributed by atoms with Crippen LogP contribution in [0.3, 0.4) is 0 Å². The summed E-state index contributed by atoms with van der Waals surface area (Å²) in [6.45, 7) is 2.60. The molecule has 1 aromatic heterocycles. The molecule has 1 fully saturated rings. The number of carbonyl (C=O) groups is 1. The topological polar surface area (TPSA) is 70.6 Å². The lowest BCUT2D eigenvalue weighted by molar-refractivity contribution is 0.208. The summed E-state index contributed by atoms with van der Waals surface area (Å²) in [5, 5.41) is 12.2. The third kappa shape index (κ3) is 4.63. The van der Waals surface area contributed by atoms with E-state index in [0.29, 0.717) is 36.9 Å². The van der Waals surface area contributed by atoms with Gasteiger partial charge in [0.05, 0.1) is 12.8 Å². The van der Waals surface area contributed by atoms with Crippen molar-refractivity contribution in [2.45, 2.75) is 0 Å². The number of urea groups is 1. The van der Waals surface area contributed by atoms with E-state index in [1.165, 1.54) is 0 Å². The van der Waals surface area contributed by atoms with Crippen LogP contribution in [0.15, 0.2) is 60.7 Å². The smallest absolute Gasteiger partial charge is 0.321 e. The van der Waals surface area contributed by atoms with Gasteiger partial charge in [0.15, 0.2) is 5.82 Å². The monoisotopic (exact) mass is 423 g/mol. The number of ether oxygens (including phenoxy) is 1. The van der Waals surface area contributed by atoms with Gasteiger partial charge in [0.2, 0.25) is 0 Å². The van der Waals surface area contributed by atoms with Crippen LogP contribution in [0.25, 0.3) is 11.3 Å². The van der Waals surface area contributed by atoms with Crippen LogP contribution in [0.1, 0.15) is 0 Å². The predicted octanol–water partition coefficient (Wildman–Crippen LogP) is 4.16. The first kappa shape index (κ1) is 20.0. The number of amides is 2. The summed E-state index contributed by atoms with van der Waals surface area (Å²) >= 11 is 5.97. The molecule has 0 aliphatic carbocycles. The molecule has 0 atom stereocenters. The number of piperazine rings is 1. The van der Waals surface area contributed by atoms with Gasteiger partial charge in [0.25, 0.3) is 0 Å². The number of halogens is 1. The molecule has 7 nitrogen and oxygen atoms in total. The average molecular weight is 424 g/mol. The van der Waals surface area contributed by atoms with E-state index in [2.05, 4.69) is 20.4 Å². The fraction of sp³-hybridized carbons (Fsp3) is 0.227. The van der Waals surface area contributed by atoms with Crippen molar-refractivity contribution < 1.29 is 9.53 Å². The average Bonchev–Trinajstić information content (AvgIpc) is 2.79. The van der Waals surface area contributed by atoms with Crippen LogP contribution in [0.5, 0.6) is 5.75 Å². The Morgan fingerprint density at radius 3 is 2.40 bits per heavy atom. The zero-order chi connectivity index (χ0) is 20.9. The second-order valence-corrected chi connectivity index (χ2v) is 7.36. The summed E-state index contributed by atoms with van der Waals surface area (Å²) in [5.74, 6) is 1.61. The molecule has 0 spiro atoms. The Kier molecular flexibility index (Phi) is 5.99. The standard InChI is InChI=1S/C22H22ClN5O2/c1-30-19-7-5-16(6-8-19)20-9-10-21(26-25-20)27-11-13-28(14-12-27)22(29)24-18-4-2-3-17(23)15-18/h2-10,15H,11-14H2,1H3,(H,24,29). The Morgan fingerprint density at radius 2 is 1.77 bits per heavy atom. The zero-order valence-electron chi connectivity index (χ0n) is 16.6. The Bertz CT molecular complexity index is 1000. The highest BCUT2D eigenvalue weighted by Gasteiger charge is 2.22. The summed E-state index contributed by atoms with van der Waals surface area (Å²) < 4.78 is 5.19. The summed E-state index contributed by atoms with van der Waals surface area (Å²) in [6.07, 6.45) is 0. The lowest BCUT2D eigenvalue weighted by Gasteiger charge is -2.35. The van der Waals surface area contributed by atoms with Crippen LogP contribution in [-0.4, -0.2) is 54.4 Å². The van der Waals surface area contributed by atoms with E-state index < -0.39 is 0 Å². The van der Waals surface area contributed by atoms with Crippen molar-refractivity contribution >= 4 is 29.1 Å². The highest BCUT2D eigenvalue weighted by atomic mass is 35.5. The molecule has 8 heteroatoms. The van der Waals surface area contributed by atoms with Gasteiger partial charge in [-0.3, -0.25) is 0 Å². The van der Waals surface area contributed by atoms with Gasteiger partial charge >= 0.3 is 6.03 Å². The summed E-state index contributed by atoms with van der Waals surface area (Å²) in [5.41, 5.74) is 2.48. The van der Waals surface area contributed by atoms with E-state index in [1.807, 2.05) is 48.5 Å². The van der Waals surface area contributed by atoms with Gasteiger partial charge in [0.1, 0.15) is 5.75 Å². The number of benzene rings is 2. The van der Waals surface area contributed by atoms with Gasteiger partial charge in [-0.15, -0.1) is 10.2 Å². The Balaban J connectivity index is 1.34. The number of nitrogens with one attached hydrogen (secondary N) is 1. The number of anilines is 2. The second-order valence-electron chi connectivity index (χ2n) is 6.92. The second kappa shape index (κ2) is 9.00. The Labute approximate surface area is 180 Å². The Hall–Kier alpha value is -3.32. The van der Waals surface area contributed by atoms with Gasteiger partial charge in [0, 0.05) is 42.5 Å². The lowest BCUT2D eigenvalue weighted by Crippen LogP contribution is -2.50. The van der Waals surface area contributed by atoms with Gasteiger partial charge in [-0.1, -0.05) is 17.7 Å². The fourth-order valence-electron chi connectivity index (χ4n) is 3.32. The third-order valence-corrected chi connectivity index (χ3v) is 5.24. The summed E-state index contributed by atoms with van der Waals surface area (Å²) in [7, 11) is 1.64. The van der Waals surface area contributed by atoms with Crippen LogP contribution < -0.4 is 15.0 Å². The van der Waals surface area contributed by atoms with Crippen molar-refractivity contribution in [3.8, 4) is 17.0 Å². The predicted molar refractivity (Wildman–Crippen MR) is 118 cm³/mol. The molecule has 4 rings (SSSR count). The molecule has 1 aliphatic heterocycles. The minimum absolute atomic E-state index is 0.127. The SMILES string of the molecule is COc1ccc(-c2ccc(N3CCN(C(=O)Nc4cccc(Cl)c4)CC3)nn2)cc1. The van der Waals surface area contributed by atoms with E-state index in [4.69, 9.17) is 16.3 Å². The normalized spacial score (nSPS) is 13.8. The molecular formula is C22H22ClN5O2.